The van der Waals surface area contributed by atoms with Crippen molar-refractivity contribution in [2.24, 2.45) is 5.92 Å². The Labute approximate surface area is 129 Å². The minimum absolute atomic E-state index is 0.582. The highest BCUT2D eigenvalue weighted by atomic mass is 32.1. The van der Waals surface area contributed by atoms with Gasteiger partial charge in [0.2, 0.25) is 0 Å². The van der Waals surface area contributed by atoms with Crippen LogP contribution in [-0.4, -0.2) is 9.97 Å². The molecule has 106 valence electrons. The van der Waals surface area contributed by atoms with Crippen molar-refractivity contribution < 1.29 is 0 Å². The summed E-state index contributed by atoms with van der Waals surface area (Å²) in [6, 6.07) is 16.6. The lowest BCUT2D eigenvalue weighted by Crippen LogP contribution is -2.00. The summed E-state index contributed by atoms with van der Waals surface area (Å²) in [6.45, 7) is 4.41. The summed E-state index contributed by atoms with van der Waals surface area (Å²) >= 11 is 5.33. The van der Waals surface area contributed by atoms with E-state index in [4.69, 9.17) is 12.2 Å². The van der Waals surface area contributed by atoms with Crippen LogP contribution in [-0.2, 0) is 6.42 Å². The molecule has 0 unspecified atom stereocenters. The summed E-state index contributed by atoms with van der Waals surface area (Å²) in [6.07, 6.45) is 0.976. The second kappa shape index (κ2) is 5.78. The van der Waals surface area contributed by atoms with E-state index in [0.29, 0.717) is 10.6 Å². The number of hydrogen-bond donors (Lipinski definition) is 1. The first kappa shape index (κ1) is 14.0. The molecule has 0 aliphatic heterocycles. The number of nitrogens with zero attached hydrogens (tertiary/aromatic N) is 1. The monoisotopic (exact) mass is 294 g/mol. The highest BCUT2D eigenvalue weighted by Crippen LogP contribution is 2.26. The van der Waals surface area contributed by atoms with Crippen molar-refractivity contribution in [3.8, 4) is 11.4 Å². The van der Waals surface area contributed by atoms with Crippen molar-refractivity contribution >= 4 is 23.0 Å². The van der Waals surface area contributed by atoms with E-state index in [-0.39, 0.29) is 0 Å². The van der Waals surface area contributed by atoms with Gasteiger partial charge in [0.05, 0.1) is 0 Å². The molecule has 0 spiro atoms. The van der Waals surface area contributed by atoms with Crippen LogP contribution >= 0.6 is 12.2 Å². The van der Waals surface area contributed by atoms with Crippen LogP contribution in [0.15, 0.2) is 48.5 Å². The van der Waals surface area contributed by atoms with Gasteiger partial charge in [-0.15, -0.1) is 0 Å². The SMILES string of the molecule is CC(C)Cc1cc(=S)nc(-c2cccc3ccccc23)[nH]1. The van der Waals surface area contributed by atoms with Gasteiger partial charge in [-0.3, -0.25) is 0 Å². The van der Waals surface area contributed by atoms with Gasteiger partial charge in [-0.25, -0.2) is 4.98 Å². The molecule has 3 aromatic rings. The zero-order valence-electron chi connectivity index (χ0n) is 12.3. The minimum atomic E-state index is 0.582. The van der Waals surface area contributed by atoms with Gasteiger partial charge in [-0.2, -0.15) is 0 Å². The van der Waals surface area contributed by atoms with E-state index in [2.05, 4.69) is 66.3 Å². The average Bonchev–Trinajstić information content (AvgIpc) is 2.45. The normalized spacial score (nSPS) is 11.2. The molecule has 21 heavy (non-hydrogen) atoms. The van der Waals surface area contributed by atoms with Crippen molar-refractivity contribution in [3.05, 3.63) is 58.9 Å². The minimum Gasteiger partial charge on any atom is -0.343 e. The van der Waals surface area contributed by atoms with Crippen LogP contribution in [0.1, 0.15) is 19.5 Å². The van der Waals surface area contributed by atoms with E-state index in [1.165, 1.54) is 10.8 Å². The lowest BCUT2D eigenvalue weighted by atomic mass is 10.0. The Balaban J connectivity index is 2.18. The molecule has 0 fully saturated rings. The Hall–Kier alpha value is -2.00. The fraction of sp³-hybridized carbons (Fsp3) is 0.222. The number of H-pyrrole nitrogens is 1. The molecule has 0 atom stereocenters. The highest BCUT2D eigenvalue weighted by Gasteiger charge is 2.07. The van der Waals surface area contributed by atoms with Gasteiger partial charge in [0.1, 0.15) is 10.5 Å². The maximum absolute atomic E-state index is 5.33. The quantitative estimate of drug-likeness (QED) is 0.676. The van der Waals surface area contributed by atoms with Gasteiger partial charge < -0.3 is 4.98 Å². The summed E-state index contributed by atoms with van der Waals surface area (Å²) in [5, 5.41) is 2.41. The van der Waals surface area contributed by atoms with Crippen LogP contribution in [0.2, 0.25) is 0 Å². The molecular formula is C18H18N2S. The summed E-state index contributed by atoms with van der Waals surface area (Å²) in [5.74, 6) is 1.44. The Bertz CT molecular complexity index is 828. The number of benzene rings is 2. The number of fused-ring (bicyclic) bond motifs is 1. The van der Waals surface area contributed by atoms with Crippen molar-refractivity contribution in [1.29, 1.82) is 0 Å². The lowest BCUT2D eigenvalue weighted by molar-refractivity contribution is 0.634. The van der Waals surface area contributed by atoms with Gasteiger partial charge in [-0.1, -0.05) is 68.5 Å². The van der Waals surface area contributed by atoms with Crippen molar-refractivity contribution in [1.82, 2.24) is 9.97 Å². The number of rotatable bonds is 3. The Morgan fingerprint density at radius 3 is 2.67 bits per heavy atom. The Morgan fingerprint density at radius 2 is 1.86 bits per heavy atom. The van der Waals surface area contributed by atoms with Crippen LogP contribution in [0.3, 0.4) is 0 Å². The molecule has 3 rings (SSSR count). The molecule has 1 N–H and O–H groups in total. The van der Waals surface area contributed by atoms with E-state index in [1.807, 2.05) is 6.07 Å². The first-order chi connectivity index (χ1) is 10.1. The third kappa shape index (κ3) is 3.03. The first-order valence-electron chi connectivity index (χ1n) is 7.22. The van der Waals surface area contributed by atoms with Gasteiger partial charge in [0, 0.05) is 11.3 Å². The smallest absolute Gasteiger partial charge is 0.139 e. The van der Waals surface area contributed by atoms with E-state index in [0.717, 1.165) is 23.5 Å². The second-order valence-electron chi connectivity index (χ2n) is 5.72. The third-order valence-corrected chi connectivity index (χ3v) is 3.68. The van der Waals surface area contributed by atoms with Gasteiger partial charge in [0.15, 0.2) is 0 Å². The summed E-state index contributed by atoms with van der Waals surface area (Å²) < 4.78 is 0.646. The van der Waals surface area contributed by atoms with Gasteiger partial charge >= 0.3 is 0 Å². The molecule has 3 heteroatoms. The number of hydrogen-bond acceptors (Lipinski definition) is 2. The molecule has 2 nitrogen and oxygen atoms in total. The van der Waals surface area contributed by atoms with Crippen molar-refractivity contribution in [2.45, 2.75) is 20.3 Å². The van der Waals surface area contributed by atoms with Gasteiger partial charge in [0.25, 0.3) is 0 Å². The van der Waals surface area contributed by atoms with Crippen LogP contribution in [0, 0.1) is 10.6 Å². The summed E-state index contributed by atoms with van der Waals surface area (Å²) in [5.41, 5.74) is 2.25. The van der Waals surface area contributed by atoms with E-state index in [1.54, 1.807) is 0 Å². The van der Waals surface area contributed by atoms with E-state index >= 15 is 0 Å². The highest BCUT2D eigenvalue weighted by molar-refractivity contribution is 7.71. The first-order valence-corrected chi connectivity index (χ1v) is 7.62. The fourth-order valence-electron chi connectivity index (χ4n) is 2.62. The zero-order chi connectivity index (χ0) is 14.8. The number of aromatic nitrogens is 2. The molecule has 0 bridgehead atoms. The molecule has 1 heterocycles. The number of aromatic amines is 1. The average molecular weight is 294 g/mol. The van der Waals surface area contributed by atoms with Crippen LogP contribution in [0.4, 0.5) is 0 Å². The molecule has 2 aromatic carbocycles. The number of nitrogens with one attached hydrogen (secondary N) is 1. The predicted molar refractivity (Wildman–Crippen MR) is 90.9 cm³/mol. The molecule has 0 amide bonds. The molecule has 0 saturated heterocycles. The zero-order valence-corrected chi connectivity index (χ0v) is 13.1. The molecular weight excluding hydrogens is 276 g/mol. The largest absolute Gasteiger partial charge is 0.343 e. The lowest BCUT2D eigenvalue weighted by Gasteiger charge is -2.10. The standard InChI is InChI=1S/C18H18N2S/c1-12(2)10-14-11-17(21)20-18(19-14)16-9-5-7-13-6-3-4-8-15(13)16/h3-9,11-12H,10H2,1-2H3,(H,19,20,21). The molecule has 0 radical (unpaired) electrons. The van der Waals surface area contributed by atoms with E-state index in [9.17, 15) is 0 Å². The van der Waals surface area contributed by atoms with Gasteiger partial charge in [-0.05, 0) is 29.2 Å². The topological polar surface area (TPSA) is 28.7 Å². The maximum atomic E-state index is 5.33. The Kier molecular flexibility index (Phi) is 3.84. The predicted octanol–water partition coefficient (Wildman–Crippen LogP) is 5.16. The fourth-order valence-corrected chi connectivity index (χ4v) is 2.85. The van der Waals surface area contributed by atoms with E-state index < -0.39 is 0 Å². The molecule has 0 aliphatic carbocycles. The Morgan fingerprint density at radius 1 is 1.10 bits per heavy atom. The van der Waals surface area contributed by atoms with Crippen molar-refractivity contribution in [3.63, 3.8) is 0 Å². The molecule has 0 aliphatic rings. The molecule has 0 saturated carbocycles. The van der Waals surface area contributed by atoms with Crippen molar-refractivity contribution in [2.75, 3.05) is 0 Å². The molecule has 1 aromatic heterocycles. The summed E-state index contributed by atoms with van der Waals surface area (Å²) in [4.78, 5) is 7.97. The van der Waals surface area contributed by atoms with Crippen LogP contribution in [0.5, 0.6) is 0 Å². The van der Waals surface area contributed by atoms with Crippen LogP contribution in [0.25, 0.3) is 22.2 Å². The summed E-state index contributed by atoms with van der Waals surface area (Å²) in [7, 11) is 0. The second-order valence-corrected chi connectivity index (χ2v) is 6.14. The third-order valence-electron chi connectivity index (χ3n) is 3.47. The maximum Gasteiger partial charge on any atom is 0.139 e. The van der Waals surface area contributed by atoms with Crippen LogP contribution < -0.4 is 0 Å².